The van der Waals surface area contributed by atoms with E-state index in [-0.39, 0.29) is 0 Å². The van der Waals surface area contributed by atoms with Gasteiger partial charge >= 0.3 is 23.0 Å². The van der Waals surface area contributed by atoms with Crippen molar-refractivity contribution in [3.8, 4) is 0 Å². The van der Waals surface area contributed by atoms with Gasteiger partial charge in [0.1, 0.15) is 0 Å². The number of nitro groups is 4. The third-order valence-electron chi connectivity index (χ3n) is 2.30. The lowest BCUT2D eigenvalue weighted by atomic mass is 10.2. The molecule has 0 amide bonds. The normalized spacial score (nSPS) is 20.0. The standard InChI is InChI=1S/C6N8O8/c15-11(16)3-1(7-9-5(3)13(19)20)2-4(12(17)18)6(10-8-2)14(21)22. The van der Waals surface area contributed by atoms with Crippen LogP contribution >= 0.6 is 0 Å². The molecule has 2 aliphatic heterocycles. The summed E-state index contributed by atoms with van der Waals surface area (Å²) in [5, 5.41) is 55.0. The van der Waals surface area contributed by atoms with Gasteiger partial charge in [-0.3, -0.25) is 20.2 Å². The molecule has 0 saturated carbocycles. The summed E-state index contributed by atoms with van der Waals surface area (Å²) in [5.41, 5.74) is -4.46. The molecule has 0 aromatic carbocycles. The van der Waals surface area contributed by atoms with E-state index in [1.54, 1.807) is 0 Å². The molecule has 0 spiro atoms. The lowest BCUT2D eigenvalue weighted by Crippen LogP contribution is -2.11. The van der Waals surface area contributed by atoms with E-state index < -0.39 is 54.1 Å². The molecule has 2 heterocycles. The Morgan fingerprint density at radius 3 is 1.09 bits per heavy atom. The Morgan fingerprint density at radius 1 is 0.545 bits per heavy atom. The van der Waals surface area contributed by atoms with Crippen LogP contribution in [0.2, 0.25) is 0 Å². The first-order valence-electron chi connectivity index (χ1n) is 4.90. The summed E-state index contributed by atoms with van der Waals surface area (Å²) in [6, 6.07) is 0. The van der Waals surface area contributed by atoms with Crippen molar-refractivity contribution in [3.05, 3.63) is 74.9 Å². The van der Waals surface area contributed by atoms with Crippen LogP contribution in [0, 0.1) is 40.5 Å². The summed E-state index contributed by atoms with van der Waals surface area (Å²) in [6.07, 6.45) is 0. The molecule has 0 aromatic heterocycles. The van der Waals surface area contributed by atoms with Crippen LogP contribution in [-0.4, -0.2) is 19.7 Å². The minimum Gasteiger partial charge on any atom is -0.358 e. The molecule has 0 aliphatic carbocycles. The molecule has 16 nitrogen and oxygen atoms in total. The van der Waals surface area contributed by atoms with E-state index in [2.05, 4.69) is 20.5 Å². The highest BCUT2D eigenvalue weighted by atomic mass is 16.6. The van der Waals surface area contributed by atoms with Crippen molar-refractivity contribution in [2.45, 2.75) is 0 Å². The largest absolute Gasteiger partial charge is 0.470 e. The number of rotatable bonds is 4. The summed E-state index contributed by atoms with van der Waals surface area (Å²) in [4.78, 5) is 38.0. The zero-order valence-corrected chi connectivity index (χ0v) is 9.84. The minimum atomic E-state index is -1.28. The average Bonchev–Trinajstić information content (AvgIpc) is 3.01. The van der Waals surface area contributed by atoms with E-state index in [4.69, 9.17) is 0 Å². The van der Waals surface area contributed by atoms with Gasteiger partial charge in [0.05, 0.1) is 20.1 Å². The third-order valence-corrected chi connectivity index (χ3v) is 2.30. The summed E-state index contributed by atoms with van der Waals surface area (Å²) in [7, 11) is 0. The lowest BCUT2D eigenvalue weighted by Gasteiger charge is -1.94. The van der Waals surface area contributed by atoms with Crippen LogP contribution in [0.4, 0.5) is 0 Å². The smallest absolute Gasteiger partial charge is 0.358 e. The van der Waals surface area contributed by atoms with E-state index in [1.165, 1.54) is 0 Å². The molecular formula is C6N8O8. The fourth-order valence-electron chi connectivity index (χ4n) is 1.50. The number of hydrogen-bond acceptors (Lipinski definition) is 12. The maximum Gasteiger partial charge on any atom is 0.470 e. The first-order chi connectivity index (χ1) is 10.3. The fourth-order valence-corrected chi connectivity index (χ4v) is 1.50. The van der Waals surface area contributed by atoms with E-state index in [0.717, 1.165) is 0 Å². The fraction of sp³-hybridized carbons (Fsp3) is 0. The predicted octanol–water partition coefficient (Wildman–Crippen LogP) is 0.575. The van der Waals surface area contributed by atoms with Crippen molar-refractivity contribution >= 4 is 0 Å². The lowest BCUT2D eigenvalue weighted by molar-refractivity contribution is -0.469. The predicted molar refractivity (Wildman–Crippen MR) is 58.8 cm³/mol. The molecule has 2 rings (SSSR count). The Labute approximate surface area is 116 Å². The molecular weight excluding hydrogens is 312 g/mol. The Bertz CT molecular complexity index is 733. The molecule has 0 N–H and O–H groups in total. The van der Waals surface area contributed by atoms with E-state index in [0.29, 0.717) is 0 Å². The zero-order valence-electron chi connectivity index (χ0n) is 9.84. The molecule has 112 valence electrons. The Kier molecular flexibility index (Phi) is 3.18. The van der Waals surface area contributed by atoms with Crippen LogP contribution < -0.4 is 0 Å². The van der Waals surface area contributed by atoms with Crippen LogP contribution in [0.15, 0.2) is 54.9 Å². The van der Waals surface area contributed by atoms with Crippen molar-refractivity contribution in [1.29, 1.82) is 0 Å². The molecule has 0 aromatic rings. The maximum absolute atomic E-state index is 10.9. The van der Waals surface area contributed by atoms with E-state index in [9.17, 15) is 40.5 Å². The van der Waals surface area contributed by atoms with Gasteiger partial charge in [0.2, 0.25) is 11.4 Å². The van der Waals surface area contributed by atoms with Gasteiger partial charge in [-0.2, -0.15) is 0 Å². The second-order valence-corrected chi connectivity index (χ2v) is 3.47. The van der Waals surface area contributed by atoms with Gasteiger partial charge in [0.25, 0.3) is 0 Å². The number of hydrogen-bond donors (Lipinski definition) is 0. The monoisotopic (exact) mass is 312 g/mol. The van der Waals surface area contributed by atoms with Gasteiger partial charge in [0.15, 0.2) is 0 Å². The molecule has 16 heteroatoms. The van der Waals surface area contributed by atoms with Crippen molar-refractivity contribution in [3.63, 3.8) is 0 Å². The van der Waals surface area contributed by atoms with Gasteiger partial charge in [-0.05, 0) is 20.1 Å². The average molecular weight is 312 g/mol. The van der Waals surface area contributed by atoms with Crippen LogP contribution in [-0.2, 0) is 0 Å². The molecule has 22 heavy (non-hydrogen) atoms. The summed E-state index contributed by atoms with van der Waals surface area (Å²) in [5.74, 6) is -2.56. The minimum absolute atomic E-state index is 0.955. The second kappa shape index (κ2) is 4.85. The number of azo groups is 2. The molecule has 2 aliphatic rings. The van der Waals surface area contributed by atoms with Gasteiger partial charge in [-0.15, -0.1) is 0 Å². The van der Waals surface area contributed by atoms with Crippen LogP contribution in [0.1, 0.15) is 0 Å². The number of nitrogens with zero attached hydrogens (tertiary/aromatic N) is 8. The maximum atomic E-state index is 10.9. The van der Waals surface area contributed by atoms with Crippen LogP contribution in [0.5, 0.6) is 0 Å². The first kappa shape index (κ1) is 14.4. The molecule has 0 bridgehead atoms. The van der Waals surface area contributed by atoms with Gasteiger partial charge in [-0.1, -0.05) is 0 Å². The Morgan fingerprint density at radius 2 is 0.864 bits per heavy atom. The van der Waals surface area contributed by atoms with Crippen molar-refractivity contribution < 1.29 is 19.7 Å². The third kappa shape index (κ3) is 2.05. The molecule has 0 fully saturated rings. The Balaban J connectivity index is 2.76. The first-order valence-corrected chi connectivity index (χ1v) is 4.90. The van der Waals surface area contributed by atoms with Gasteiger partial charge < -0.3 is 20.2 Å². The molecule has 0 unspecified atom stereocenters. The van der Waals surface area contributed by atoms with Gasteiger partial charge in [0, 0.05) is 0 Å². The van der Waals surface area contributed by atoms with Crippen molar-refractivity contribution in [2.75, 3.05) is 0 Å². The highest BCUT2D eigenvalue weighted by molar-refractivity contribution is 5.43. The molecule has 0 saturated heterocycles. The zero-order chi connectivity index (χ0) is 16.6. The molecule has 0 radical (unpaired) electrons. The summed E-state index contributed by atoms with van der Waals surface area (Å²) >= 11 is 0. The van der Waals surface area contributed by atoms with Crippen molar-refractivity contribution in [2.24, 2.45) is 20.5 Å². The van der Waals surface area contributed by atoms with E-state index >= 15 is 0 Å². The van der Waals surface area contributed by atoms with Gasteiger partial charge in [-0.25, -0.2) is 0 Å². The SMILES string of the molecule is O=[N+]([O-])C1=C([N+](=O)[O-])C(=C2N=NC([N+](=O)[O-])=C2[N+](=O)[O-])N=N1. The topological polar surface area (TPSA) is 222 Å². The van der Waals surface area contributed by atoms with Crippen LogP contribution in [0.25, 0.3) is 0 Å². The van der Waals surface area contributed by atoms with E-state index in [1.807, 2.05) is 0 Å². The highest BCUT2D eigenvalue weighted by Crippen LogP contribution is 2.36. The quantitative estimate of drug-likeness (QED) is 0.525. The van der Waals surface area contributed by atoms with Crippen molar-refractivity contribution in [1.82, 2.24) is 0 Å². The highest BCUT2D eigenvalue weighted by Gasteiger charge is 2.50. The second-order valence-electron chi connectivity index (χ2n) is 3.47. The van der Waals surface area contributed by atoms with Crippen LogP contribution in [0.3, 0.4) is 0 Å². The summed E-state index contributed by atoms with van der Waals surface area (Å²) in [6.45, 7) is 0. The summed E-state index contributed by atoms with van der Waals surface area (Å²) < 4.78 is 0. The molecule has 0 atom stereocenters. The Hall–Kier alpha value is -3.98.